The number of ether oxygens (including phenoxy) is 3. The average molecular weight is 566 g/mol. The Labute approximate surface area is 209 Å². The molecule has 1 heterocycles. The summed E-state index contributed by atoms with van der Waals surface area (Å²) in [5.41, 5.74) is 0. The molecular formula is C23H40IN3O3S. The fourth-order valence-corrected chi connectivity index (χ4v) is 4.42. The smallest absolute Gasteiger partial charge is 0.193 e. The van der Waals surface area contributed by atoms with Crippen molar-refractivity contribution in [3.63, 3.8) is 0 Å². The lowest BCUT2D eigenvalue weighted by molar-refractivity contribution is 0.00990. The van der Waals surface area contributed by atoms with E-state index < -0.39 is 0 Å². The summed E-state index contributed by atoms with van der Waals surface area (Å²) in [7, 11) is 3.46. The number of para-hydroxylation sites is 1. The second-order valence-electron chi connectivity index (χ2n) is 7.67. The minimum absolute atomic E-state index is 0. The van der Waals surface area contributed by atoms with Gasteiger partial charge in [0, 0.05) is 57.2 Å². The van der Waals surface area contributed by atoms with E-state index in [0.717, 1.165) is 76.1 Å². The van der Waals surface area contributed by atoms with E-state index in [4.69, 9.17) is 19.2 Å². The molecule has 8 heteroatoms. The molecule has 31 heavy (non-hydrogen) atoms. The van der Waals surface area contributed by atoms with Crippen LogP contribution in [0.3, 0.4) is 0 Å². The van der Waals surface area contributed by atoms with Gasteiger partial charge in [-0.3, -0.25) is 4.99 Å². The van der Waals surface area contributed by atoms with Gasteiger partial charge in [-0.05, 0) is 44.2 Å². The summed E-state index contributed by atoms with van der Waals surface area (Å²) in [6.07, 6.45) is 3.43. The van der Waals surface area contributed by atoms with Gasteiger partial charge < -0.3 is 24.4 Å². The molecule has 1 atom stereocenters. The van der Waals surface area contributed by atoms with Gasteiger partial charge in [0.15, 0.2) is 5.96 Å². The van der Waals surface area contributed by atoms with Gasteiger partial charge in [0.1, 0.15) is 5.75 Å². The number of guanidine groups is 1. The normalized spacial score (nSPS) is 16.0. The van der Waals surface area contributed by atoms with Crippen LogP contribution < -0.4 is 10.1 Å². The van der Waals surface area contributed by atoms with Crippen LogP contribution in [0.1, 0.15) is 33.1 Å². The lowest BCUT2D eigenvalue weighted by Gasteiger charge is -2.34. The molecule has 1 aliphatic heterocycles. The van der Waals surface area contributed by atoms with E-state index in [9.17, 15) is 0 Å². The molecule has 1 fully saturated rings. The predicted octanol–water partition coefficient (Wildman–Crippen LogP) is 4.52. The Morgan fingerprint density at radius 3 is 2.65 bits per heavy atom. The van der Waals surface area contributed by atoms with E-state index in [0.29, 0.717) is 12.0 Å². The Morgan fingerprint density at radius 2 is 1.97 bits per heavy atom. The molecule has 6 nitrogen and oxygen atoms in total. The lowest BCUT2D eigenvalue weighted by atomic mass is 10.1. The summed E-state index contributed by atoms with van der Waals surface area (Å²) in [5.74, 6) is 3.47. The second-order valence-corrected chi connectivity index (χ2v) is 8.73. The molecule has 0 bridgehead atoms. The summed E-state index contributed by atoms with van der Waals surface area (Å²) in [5, 5.41) is 3.47. The fraction of sp³-hybridized carbons (Fsp3) is 0.696. The van der Waals surface area contributed by atoms with Crippen molar-refractivity contribution in [2.24, 2.45) is 10.9 Å². The second kappa shape index (κ2) is 16.9. The maximum Gasteiger partial charge on any atom is 0.193 e. The van der Waals surface area contributed by atoms with Crippen molar-refractivity contribution in [2.75, 3.05) is 59.4 Å². The number of aliphatic imine (C=N–C) groups is 1. The van der Waals surface area contributed by atoms with Gasteiger partial charge in [0.2, 0.25) is 0 Å². The van der Waals surface area contributed by atoms with Gasteiger partial charge in [-0.1, -0.05) is 19.1 Å². The minimum atomic E-state index is 0. The maximum absolute atomic E-state index is 5.98. The van der Waals surface area contributed by atoms with E-state index >= 15 is 0 Å². The number of benzene rings is 1. The zero-order chi connectivity index (χ0) is 21.6. The number of nitrogens with zero attached hydrogens (tertiary/aromatic N) is 2. The molecule has 2 rings (SSSR count). The van der Waals surface area contributed by atoms with E-state index in [1.54, 1.807) is 14.2 Å². The Bertz CT molecular complexity index is 628. The highest BCUT2D eigenvalue weighted by atomic mass is 127. The molecule has 0 amide bonds. The third-order valence-corrected chi connectivity index (χ3v) is 6.45. The zero-order valence-electron chi connectivity index (χ0n) is 19.5. The van der Waals surface area contributed by atoms with Crippen molar-refractivity contribution in [3.8, 4) is 5.75 Å². The van der Waals surface area contributed by atoms with Gasteiger partial charge in [-0.15, -0.1) is 35.7 Å². The third kappa shape index (κ3) is 10.6. The van der Waals surface area contributed by atoms with Crippen LogP contribution in [0.2, 0.25) is 0 Å². The van der Waals surface area contributed by atoms with E-state index in [1.807, 2.05) is 23.9 Å². The van der Waals surface area contributed by atoms with Crippen LogP contribution in [0.4, 0.5) is 0 Å². The molecule has 0 aromatic heterocycles. The molecule has 1 saturated heterocycles. The van der Waals surface area contributed by atoms with E-state index in [2.05, 4.69) is 36.2 Å². The predicted molar refractivity (Wildman–Crippen MR) is 141 cm³/mol. The number of hydrogen-bond donors (Lipinski definition) is 1. The van der Waals surface area contributed by atoms with Gasteiger partial charge in [0.05, 0.1) is 13.2 Å². The number of nitrogens with one attached hydrogen (secondary N) is 1. The number of piperidine rings is 1. The van der Waals surface area contributed by atoms with Gasteiger partial charge in [-0.2, -0.15) is 0 Å². The van der Waals surface area contributed by atoms with Crippen LogP contribution in [0.25, 0.3) is 0 Å². The van der Waals surface area contributed by atoms with Crippen molar-refractivity contribution in [2.45, 2.75) is 44.1 Å². The number of thioether (sulfide) groups is 1. The number of likely N-dealkylation sites (tertiary alicyclic amines) is 1. The Balaban J connectivity index is 0.00000480. The van der Waals surface area contributed by atoms with Gasteiger partial charge in [-0.25, -0.2) is 0 Å². The SMILES string of the molecule is CCNC(=NCC(C)CSc1ccccc1OC)N1CCC(OCCCOC)CC1.I. The third-order valence-electron chi connectivity index (χ3n) is 5.07. The van der Waals surface area contributed by atoms with E-state index in [1.165, 1.54) is 4.90 Å². The lowest BCUT2D eigenvalue weighted by Crippen LogP contribution is -2.47. The number of hydrogen-bond acceptors (Lipinski definition) is 5. The summed E-state index contributed by atoms with van der Waals surface area (Å²) in [6, 6.07) is 8.19. The largest absolute Gasteiger partial charge is 0.496 e. The average Bonchev–Trinajstić information content (AvgIpc) is 2.78. The van der Waals surface area contributed by atoms with Crippen LogP contribution in [-0.2, 0) is 9.47 Å². The van der Waals surface area contributed by atoms with Crippen molar-refractivity contribution in [3.05, 3.63) is 24.3 Å². The first-order valence-electron chi connectivity index (χ1n) is 11.1. The standard InChI is InChI=1S/C23H39N3O3S.HI/c1-5-24-23(26-13-11-20(12-14-26)29-16-8-15-27-3)25-17-19(2)18-30-22-10-7-6-9-21(22)28-4;/h6-7,9-10,19-20H,5,8,11-18H2,1-4H3,(H,24,25);1H. The summed E-state index contributed by atoms with van der Waals surface area (Å²) in [6.45, 7) is 9.63. The van der Waals surface area contributed by atoms with Crippen LogP contribution in [0, 0.1) is 5.92 Å². The van der Waals surface area contributed by atoms with Crippen LogP contribution in [-0.4, -0.2) is 76.3 Å². The molecule has 1 aromatic rings. The first-order chi connectivity index (χ1) is 14.7. The highest BCUT2D eigenvalue weighted by Gasteiger charge is 2.22. The monoisotopic (exact) mass is 565 g/mol. The quantitative estimate of drug-likeness (QED) is 0.132. The highest BCUT2D eigenvalue weighted by molar-refractivity contribution is 14.0. The Morgan fingerprint density at radius 1 is 1.23 bits per heavy atom. The number of halogens is 1. The Hall–Kier alpha value is -0.710. The van der Waals surface area contributed by atoms with Crippen LogP contribution in [0.15, 0.2) is 34.2 Å². The first-order valence-corrected chi connectivity index (χ1v) is 12.1. The van der Waals surface area contributed by atoms with Crippen molar-refractivity contribution in [1.82, 2.24) is 10.2 Å². The molecule has 0 aliphatic carbocycles. The highest BCUT2D eigenvalue weighted by Crippen LogP contribution is 2.30. The maximum atomic E-state index is 5.98. The summed E-state index contributed by atoms with van der Waals surface area (Å²) >= 11 is 1.84. The molecule has 178 valence electrons. The fourth-order valence-electron chi connectivity index (χ4n) is 3.38. The van der Waals surface area contributed by atoms with Gasteiger partial charge >= 0.3 is 0 Å². The Kier molecular flexibility index (Phi) is 15.4. The minimum Gasteiger partial charge on any atom is -0.496 e. The van der Waals surface area contributed by atoms with Crippen molar-refractivity contribution in [1.29, 1.82) is 0 Å². The molecule has 0 radical (unpaired) electrons. The molecule has 0 spiro atoms. The van der Waals surface area contributed by atoms with Crippen LogP contribution >= 0.6 is 35.7 Å². The molecule has 0 saturated carbocycles. The zero-order valence-corrected chi connectivity index (χ0v) is 22.6. The molecule has 1 aliphatic rings. The van der Waals surface area contributed by atoms with Crippen molar-refractivity contribution < 1.29 is 14.2 Å². The summed E-state index contributed by atoms with van der Waals surface area (Å²) < 4.78 is 16.5. The number of rotatable bonds is 12. The van der Waals surface area contributed by atoms with Crippen LogP contribution in [0.5, 0.6) is 5.75 Å². The molecule has 1 aromatic carbocycles. The van der Waals surface area contributed by atoms with Gasteiger partial charge in [0.25, 0.3) is 0 Å². The summed E-state index contributed by atoms with van der Waals surface area (Å²) in [4.78, 5) is 8.50. The topological polar surface area (TPSA) is 55.3 Å². The molecule has 1 unspecified atom stereocenters. The first kappa shape index (κ1) is 28.3. The molecular weight excluding hydrogens is 525 g/mol. The van der Waals surface area contributed by atoms with Crippen molar-refractivity contribution >= 4 is 41.7 Å². The van der Waals surface area contributed by atoms with E-state index in [-0.39, 0.29) is 24.0 Å². The number of methoxy groups -OCH3 is 2. The molecule has 1 N–H and O–H groups in total.